The molecule has 0 saturated carbocycles. The first-order chi connectivity index (χ1) is 10.9. The van der Waals surface area contributed by atoms with Crippen molar-refractivity contribution in [1.82, 2.24) is 10.5 Å². The number of carbonyl (C=O) groups excluding carboxylic acids is 1. The number of ether oxygens (including phenoxy) is 1. The molecule has 3 N–H and O–H groups in total. The number of hydrogen-bond acceptors (Lipinski definition) is 6. The van der Waals surface area contributed by atoms with Crippen LogP contribution in [0.2, 0.25) is 0 Å². The Hall–Kier alpha value is -1.77. The third-order valence-electron chi connectivity index (χ3n) is 3.32. The van der Waals surface area contributed by atoms with E-state index in [9.17, 15) is 9.36 Å². The summed E-state index contributed by atoms with van der Waals surface area (Å²) < 4.78 is 16.3. The molecule has 10 heteroatoms. The van der Waals surface area contributed by atoms with Crippen molar-refractivity contribution in [3.63, 3.8) is 0 Å². The number of nitrogens with one attached hydrogen (secondary N) is 1. The maximum atomic E-state index is 12.1. The quantitative estimate of drug-likeness (QED) is 0.468. The monoisotopic (exact) mass is 356 g/mol. The second-order valence-corrected chi connectivity index (χ2v) is 7.37. The maximum absolute atomic E-state index is 12.1. The fourth-order valence-corrected chi connectivity index (χ4v) is 3.55. The Morgan fingerprint density at radius 2 is 2.26 bits per heavy atom. The second-order valence-electron chi connectivity index (χ2n) is 4.84. The number of amides is 1. The van der Waals surface area contributed by atoms with E-state index >= 15 is 0 Å². The zero-order valence-electron chi connectivity index (χ0n) is 12.0. The molecular weight excluding hydrogens is 343 g/mol. The lowest BCUT2D eigenvalue weighted by Gasteiger charge is -2.14. The molecule has 0 bridgehead atoms. The van der Waals surface area contributed by atoms with E-state index in [1.807, 2.05) is 0 Å². The molecule has 1 amide bonds. The van der Waals surface area contributed by atoms with Crippen molar-refractivity contribution in [1.29, 1.82) is 0 Å². The molecule has 8 nitrogen and oxygen atoms in total. The number of hydrogen-bond donors (Lipinski definition) is 3. The number of nitrogens with zero attached hydrogens (tertiary/aromatic N) is 1. The van der Waals surface area contributed by atoms with E-state index in [0.717, 1.165) is 4.88 Å². The molecule has 0 unspecified atom stereocenters. The average Bonchev–Trinajstić information content (AvgIpc) is 3.04. The number of hydroxylamine groups is 1. The van der Waals surface area contributed by atoms with Crippen LogP contribution in [0.3, 0.4) is 0 Å². The maximum Gasteiger partial charge on any atom is 0.362 e. The minimum atomic E-state index is -4.31. The zero-order chi connectivity index (χ0) is 16.6. The molecular formula is C13H13N2O6PS. The summed E-state index contributed by atoms with van der Waals surface area (Å²) in [4.78, 5) is 40.0. The Kier molecular flexibility index (Phi) is 4.22. The Labute approximate surface area is 135 Å². The fourth-order valence-electron chi connectivity index (χ4n) is 2.46. The third-order valence-corrected chi connectivity index (χ3v) is 4.62. The largest absolute Gasteiger partial charge is 0.480 e. The first kappa shape index (κ1) is 16.1. The van der Waals surface area contributed by atoms with E-state index in [2.05, 4.69) is 15.3 Å². The number of benzene rings is 1. The van der Waals surface area contributed by atoms with Crippen LogP contribution in [0.25, 0.3) is 11.3 Å². The van der Waals surface area contributed by atoms with Crippen molar-refractivity contribution in [2.45, 2.75) is 6.42 Å². The Bertz CT molecular complexity index is 815. The van der Waals surface area contributed by atoms with Gasteiger partial charge in [-0.1, -0.05) is 0 Å². The van der Waals surface area contributed by atoms with Crippen LogP contribution in [0.15, 0.2) is 17.6 Å². The highest BCUT2D eigenvalue weighted by Crippen LogP contribution is 2.46. The van der Waals surface area contributed by atoms with Crippen LogP contribution in [0.1, 0.15) is 20.8 Å². The molecule has 1 heterocycles. The van der Waals surface area contributed by atoms with Crippen LogP contribution in [-0.4, -0.2) is 34.1 Å². The zero-order valence-corrected chi connectivity index (χ0v) is 13.7. The SMILES string of the molecule is CONC(=O)c1ccc(OCP(=O)(O)O)c2c1Cc1scnc1-2. The standard InChI is InChI=1S/C13H13N2O6PS/c1-20-15-13(16)7-2-3-9(21-6-22(17,18)19)11-8(7)4-10-12(11)14-5-23-10/h2-3,5H,4,6H2,1H3,(H,15,16)(H2,17,18,19). The Morgan fingerprint density at radius 3 is 2.96 bits per heavy atom. The van der Waals surface area contributed by atoms with Gasteiger partial charge in [-0.2, -0.15) is 0 Å². The molecule has 0 aliphatic heterocycles. The van der Waals surface area contributed by atoms with Crippen molar-refractivity contribution in [2.75, 3.05) is 13.5 Å². The summed E-state index contributed by atoms with van der Waals surface area (Å²) in [6, 6.07) is 3.05. The molecule has 1 aliphatic rings. The lowest BCUT2D eigenvalue weighted by atomic mass is 10.0. The van der Waals surface area contributed by atoms with Crippen molar-refractivity contribution in [3.05, 3.63) is 33.6 Å². The molecule has 1 aliphatic carbocycles. The number of thiazole rings is 1. The van der Waals surface area contributed by atoms with Gasteiger partial charge < -0.3 is 14.5 Å². The molecule has 0 atom stereocenters. The van der Waals surface area contributed by atoms with E-state index in [1.165, 1.54) is 24.5 Å². The highest BCUT2D eigenvalue weighted by atomic mass is 32.1. The van der Waals surface area contributed by atoms with Gasteiger partial charge in [0.2, 0.25) is 0 Å². The highest BCUT2D eigenvalue weighted by Gasteiger charge is 2.30. The Balaban J connectivity index is 2.05. The minimum absolute atomic E-state index is 0.293. The molecule has 0 spiro atoms. The highest BCUT2D eigenvalue weighted by molar-refractivity contribution is 7.51. The van der Waals surface area contributed by atoms with Gasteiger partial charge in [0.25, 0.3) is 5.91 Å². The van der Waals surface area contributed by atoms with Gasteiger partial charge in [-0.25, -0.2) is 10.5 Å². The molecule has 3 rings (SSSR count). The summed E-state index contributed by atoms with van der Waals surface area (Å²) >= 11 is 1.45. The predicted molar refractivity (Wildman–Crippen MR) is 82.4 cm³/mol. The van der Waals surface area contributed by atoms with Crippen LogP contribution in [0.4, 0.5) is 0 Å². The molecule has 1 aromatic carbocycles. The average molecular weight is 356 g/mol. The molecule has 0 radical (unpaired) electrons. The van der Waals surface area contributed by atoms with Crippen LogP contribution in [-0.2, 0) is 15.8 Å². The van der Waals surface area contributed by atoms with E-state index in [-0.39, 0.29) is 0 Å². The molecule has 23 heavy (non-hydrogen) atoms. The fraction of sp³-hybridized carbons (Fsp3) is 0.231. The van der Waals surface area contributed by atoms with Crippen LogP contribution in [0, 0.1) is 0 Å². The number of carbonyl (C=O) groups is 1. The first-order valence-electron chi connectivity index (χ1n) is 6.50. The van der Waals surface area contributed by atoms with Gasteiger partial charge in [-0.15, -0.1) is 11.3 Å². The summed E-state index contributed by atoms with van der Waals surface area (Å²) in [7, 11) is -2.97. The summed E-state index contributed by atoms with van der Waals surface area (Å²) in [6.45, 7) is 0. The van der Waals surface area contributed by atoms with Gasteiger partial charge in [-0.3, -0.25) is 14.2 Å². The van der Waals surface area contributed by atoms with Crippen molar-refractivity contribution < 1.29 is 28.7 Å². The van der Waals surface area contributed by atoms with Crippen molar-refractivity contribution >= 4 is 24.8 Å². The summed E-state index contributed by atoms with van der Waals surface area (Å²) in [5.74, 6) is -0.109. The lowest BCUT2D eigenvalue weighted by molar-refractivity contribution is 0.0537. The molecule has 0 saturated heterocycles. The van der Waals surface area contributed by atoms with Crippen molar-refractivity contribution in [2.24, 2.45) is 0 Å². The number of fused-ring (bicyclic) bond motifs is 3. The van der Waals surface area contributed by atoms with Gasteiger partial charge in [0.15, 0.2) is 6.35 Å². The molecule has 122 valence electrons. The summed E-state index contributed by atoms with van der Waals surface area (Å²) in [5.41, 5.74) is 6.34. The van der Waals surface area contributed by atoms with E-state index < -0.39 is 19.9 Å². The number of rotatable bonds is 5. The second kappa shape index (κ2) is 6.03. The molecule has 1 aromatic heterocycles. The predicted octanol–water partition coefficient (Wildman–Crippen LogP) is 1.52. The topological polar surface area (TPSA) is 118 Å². The van der Waals surface area contributed by atoms with Crippen LogP contribution in [0.5, 0.6) is 5.75 Å². The smallest absolute Gasteiger partial charge is 0.362 e. The lowest BCUT2D eigenvalue weighted by Crippen LogP contribution is -2.23. The van der Waals surface area contributed by atoms with Gasteiger partial charge >= 0.3 is 7.60 Å². The molecule has 2 aromatic rings. The van der Waals surface area contributed by atoms with Gasteiger partial charge in [0.05, 0.1) is 18.3 Å². The van der Waals surface area contributed by atoms with Crippen molar-refractivity contribution in [3.8, 4) is 17.0 Å². The van der Waals surface area contributed by atoms with Crippen LogP contribution >= 0.6 is 18.9 Å². The van der Waals surface area contributed by atoms with Gasteiger partial charge in [0, 0.05) is 22.4 Å². The van der Waals surface area contributed by atoms with Crippen LogP contribution < -0.4 is 10.2 Å². The van der Waals surface area contributed by atoms with Gasteiger partial charge in [-0.05, 0) is 17.7 Å². The molecule has 0 fully saturated rings. The first-order valence-corrected chi connectivity index (χ1v) is 9.17. The summed E-state index contributed by atoms with van der Waals surface area (Å²) in [6.07, 6.45) is -0.225. The van der Waals surface area contributed by atoms with E-state index in [1.54, 1.807) is 11.6 Å². The minimum Gasteiger partial charge on any atom is -0.480 e. The normalized spacial score (nSPS) is 12.7. The Morgan fingerprint density at radius 1 is 1.48 bits per heavy atom. The number of aromatic nitrogens is 1. The van der Waals surface area contributed by atoms with Gasteiger partial charge in [0.1, 0.15) is 5.75 Å². The third kappa shape index (κ3) is 3.15. The summed E-state index contributed by atoms with van der Waals surface area (Å²) in [5, 5.41) is 0. The van der Waals surface area contributed by atoms with E-state index in [0.29, 0.717) is 34.6 Å². The van der Waals surface area contributed by atoms with E-state index in [4.69, 9.17) is 14.5 Å².